The van der Waals surface area contributed by atoms with Crippen LogP contribution in [0.5, 0.6) is 0 Å². The molecule has 0 radical (unpaired) electrons. The van der Waals surface area contributed by atoms with Crippen molar-refractivity contribution in [1.29, 1.82) is 0 Å². The Hall–Kier alpha value is -1.43. The smallest absolute Gasteiger partial charge is 0.276 e. The van der Waals surface area contributed by atoms with E-state index in [4.69, 9.17) is 0 Å². The van der Waals surface area contributed by atoms with Gasteiger partial charge in [-0.1, -0.05) is 0 Å². The summed E-state index contributed by atoms with van der Waals surface area (Å²) in [5, 5.41) is 13.1. The van der Waals surface area contributed by atoms with Crippen molar-refractivity contribution in [2.45, 2.75) is 13.0 Å². The quantitative estimate of drug-likeness (QED) is 0.617. The Labute approximate surface area is 81.7 Å². The topological polar surface area (TPSA) is 73.9 Å². The summed E-state index contributed by atoms with van der Waals surface area (Å²) in [4.78, 5) is 13.7. The van der Waals surface area contributed by atoms with E-state index < -0.39 is 0 Å². The molecule has 1 saturated heterocycles. The van der Waals surface area contributed by atoms with Gasteiger partial charge in [-0.05, 0) is 6.92 Å². The molecule has 1 amide bonds. The Morgan fingerprint density at radius 1 is 1.71 bits per heavy atom. The minimum atomic E-state index is -0.0484. The fourth-order valence-electron chi connectivity index (χ4n) is 1.59. The van der Waals surface area contributed by atoms with Crippen molar-refractivity contribution >= 4 is 5.91 Å². The van der Waals surface area contributed by atoms with Crippen LogP contribution < -0.4 is 5.32 Å². The van der Waals surface area contributed by atoms with Crippen molar-refractivity contribution in [3.63, 3.8) is 0 Å². The molecular formula is C8H13N5O. The fraction of sp³-hybridized carbons (Fsp3) is 0.625. The van der Waals surface area contributed by atoms with E-state index in [0.717, 1.165) is 19.6 Å². The van der Waals surface area contributed by atoms with E-state index in [-0.39, 0.29) is 11.9 Å². The minimum Gasteiger partial charge on any atom is -0.332 e. The molecule has 2 N–H and O–H groups in total. The van der Waals surface area contributed by atoms with E-state index >= 15 is 0 Å². The first-order chi connectivity index (χ1) is 6.79. The van der Waals surface area contributed by atoms with Crippen LogP contribution in [0.2, 0.25) is 0 Å². The number of rotatable bonds is 1. The number of aromatic nitrogens is 3. The van der Waals surface area contributed by atoms with Crippen molar-refractivity contribution in [1.82, 2.24) is 25.6 Å². The van der Waals surface area contributed by atoms with Gasteiger partial charge in [-0.3, -0.25) is 4.79 Å². The number of piperazine rings is 1. The number of carbonyl (C=O) groups is 1. The highest BCUT2D eigenvalue weighted by Crippen LogP contribution is 2.06. The number of nitrogens with one attached hydrogen (secondary N) is 2. The van der Waals surface area contributed by atoms with Crippen molar-refractivity contribution in [2.75, 3.05) is 19.6 Å². The lowest BCUT2D eigenvalue weighted by Gasteiger charge is -2.33. The van der Waals surface area contributed by atoms with Crippen LogP contribution in [0.3, 0.4) is 0 Å². The zero-order valence-corrected chi connectivity index (χ0v) is 8.03. The van der Waals surface area contributed by atoms with Gasteiger partial charge >= 0.3 is 0 Å². The second-order valence-electron chi connectivity index (χ2n) is 3.41. The third-order valence-electron chi connectivity index (χ3n) is 2.40. The Bertz CT molecular complexity index is 310. The predicted octanol–water partition coefficient (Wildman–Crippen LogP) is -0.761. The van der Waals surface area contributed by atoms with Crippen LogP contribution in [0.1, 0.15) is 17.4 Å². The summed E-state index contributed by atoms with van der Waals surface area (Å²) in [5.41, 5.74) is 0.388. The number of amides is 1. The Morgan fingerprint density at radius 2 is 2.57 bits per heavy atom. The van der Waals surface area contributed by atoms with E-state index in [2.05, 4.69) is 20.7 Å². The van der Waals surface area contributed by atoms with Crippen LogP contribution in [-0.4, -0.2) is 51.9 Å². The molecule has 14 heavy (non-hydrogen) atoms. The Kier molecular flexibility index (Phi) is 2.45. The van der Waals surface area contributed by atoms with E-state index in [0.29, 0.717) is 5.69 Å². The second-order valence-corrected chi connectivity index (χ2v) is 3.41. The summed E-state index contributed by atoms with van der Waals surface area (Å²) in [7, 11) is 0. The summed E-state index contributed by atoms with van der Waals surface area (Å²) in [6.45, 7) is 4.43. The number of H-pyrrole nitrogens is 1. The first-order valence-corrected chi connectivity index (χ1v) is 4.66. The maximum absolute atomic E-state index is 11.8. The van der Waals surface area contributed by atoms with E-state index in [1.165, 1.54) is 6.20 Å². The monoisotopic (exact) mass is 195 g/mol. The third-order valence-corrected chi connectivity index (χ3v) is 2.40. The zero-order valence-electron chi connectivity index (χ0n) is 8.03. The van der Waals surface area contributed by atoms with Crippen LogP contribution in [0, 0.1) is 0 Å². The van der Waals surface area contributed by atoms with Crippen molar-refractivity contribution in [2.24, 2.45) is 0 Å². The molecule has 0 saturated carbocycles. The summed E-state index contributed by atoms with van der Waals surface area (Å²) >= 11 is 0. The molecule has 6 heteroatoms. The lowest BCUT2D eigenvalue weighted by Crippen LogP contribution is -2.52. The average Bonchev–Trinajstić information content (AvgIpc) is 2.70. The molecule has 2 rings (SSSR count). The predicted molar refractivity (Wildman–Crippen MR) is 49.8 cm³/mol. The summed E-state index contributed by atoms with van der Waals surface area (Å²) in [6, 6.07) is 0.216. The highest BCUT2D eigenvalue weighted by atomic mass is 16.2. The van der Waals surface area contributed by atoms with Crippen molar-refractivity contribution in [3.05, 3.63) is 11.9 Å². The highest BCUT2D eigenvalue weighted by Gasteiger charge is 2.25. The van der Waals surface area contributed by atoms with Crippen molar-refractivity contribution in [3.8, 4) is 0 Å². The normalized spacial score (nSPS) is 22.4. The minimum absolute atomic E-state index is 0.0484. The molecule has 0 aliphatic carbocycles. The Balaban J connectivity index is 2.10. The van der Waals surface area contributed by atoms with Crippen LogP contribution in [0.4, 0.5) is 0 Å². The number of hydrogen-bond acceptors (Lipinski definition) is 4. The average molecular weight is 195 g/mol. The van der Waals surface area contributed by atoms with Gasteiger partial charge < -0.3 is 10.2 Å². The Morgan fingerprint density at radius 3 is 3.21 bits per heavy atom. The van der Waals surface area contributed by atoms with Gasteiger partial charge in [0, 0.05) is 25.7 Å². The molecule has 0 bridgehead atoms. The maximum atomic E-state index is 11.8. The van der Waals surface area contributed by atoms with Crippen LogP contribution in [-0.2, 0) is 0 Å². The van der Waals surface area contributed by atoms with Crippen LogP contribution in [0.25, 0.3) is 0 Å². The molecule has 1 aromatic heterocycles. The first-order valence-electron chi connectivity index (χ1n) is 4.66. The molecule has 1 unspecified atom stereocenters. The van der Waals surface area contributed by atoms with E-state index in [9.17, 15) is 4.79 Å². The zero-order chi connectivity index (χ0) is 9.97. The molecule has 0 spiro atoms. The third kappa shape index (κ3) is 1.60. The molecule has 1 atom stereocenters. The van der Waals surface area contributed by atoms with Gasteiger partial charge in [0.1, 0.15) is 0 Å². The molecule has 6 nitrogen and oxygen atoms in total. The molecule has 1 fully saturated rings. The molecular weight excluding hydrogens is 182 g/mol. The maximum Gasteiger partial charge on any atom is 0.276 e. The highest BCUT2D eigenvalue weighted by molar-refractivity contribution is 5.92. The van der Waals surface area contributed by atoms with E-state index in [1.54, 1.807) is 0 Å². The SMILES string of the molecule is CC1CNCCN1C(=O)c1cn[nH]n1. The fourth-order valence-corrected chi connectivity index (χ4v) is 1.59. The molecule has 1 aromatic rings. The summed E-state index contributed by atoms with van der Waals surface area (Å²) in [6.07, 6.45) is 1.46. The number of carbonyl (C=O) groups excluding carboxylic acids is 1. The standard InChI is InChI=1S/C8H13N5O/c1-6-4-9-2-3-13(6)8(14)7-5-10-12-11-7/h5-6,9H,2-4H2,1H3,(H,10,11,12). The first kappa shape index (κ1) is 9.14. The van der Waals surface area contributed by atoms with Crippen molar-refractivity contribution < 1.29 is 4.79 Å². The summed E-state index contributed by atoms with van der Waals surface area (Å²) in [5.74, 6) is -0.0484. The second kappa shape index (κ2) is 3.75. The largest absolute Gasteiger partial charge is 0.332 e. The van der Waals surface area contributed by atoms with Gasteiger partial charge in [-0.2, -0.15) is 15.4 Å². The lowest BCUT2D eigenvalue weighted by molar-refractivity contribution is 0.0649. The van der Waals surface area contributed by atoms with E-state index in [1.807, 2.05) is 11.8 Å². The lowest BCUT2D eigenvalue weighted by atomic mass is 10.2. The van der Waals surface area contributed by atoms with Gasteiger partial charge in [0.05, 0.1) is 6.20 Å². The molecule has 1 aliphatic heterocycles. The number of aromatic amines is 1. The van der Waals surface area contributed by atoms with Crippen LogP contribution in [0.15, 0.2) is 6.20 Å². The van der Waals surface area contributed by atoms with Gasteiger partial charge in [0.25, 0.3) is 5.91 Å². The number of nitrogens with zero attached hydrogens (tertiary/aromatic N) is 3. The summed E-state index contributed by atoms with van der Waals surface area (Å²) < 4.78 is 0. The van der Waals surface area contributed by atoms with Gasteiger partial charge in [0.15, 0.2) is 5.69 Å². The number of hydrogen-bond donors (Lipinski definition) is 2. The molecule has 0 aromatic carbocycles. The van der Waals surface area contributed by atoms with Crippen LogP contribution >= 0.6 is 0 Å². The van der Waals surface area contributed by atoms with Gasteiger partial charge in [0.2, 0.25) is 0 Å². The molecule has 1 aliphatic rings. The van der Waals surface area contributed by atoms with Gasteiger partial charge in [-0.15, -0.1) is 0 Å². The molecule has 76 valence electrons. The molecule has 2 heterocycles. The van der Waals surface area contributed by atoms with Gasteiger partial charge in [-0.25, -0.2) is 0 Å².